The van der Waals surface area contributed by atoms with Crippen LogP contribution < -0.4 is 4.74 Å². The fourth-order valence-electron chi connectivity index (χ4n) is 4.42. The van der Waals surface area contributed by atoms with Crippen LogP contribution in [0.4, 0.5) is 5.69 Å². The predicted octanol–water partition coefficient (Wildman–Crippen LogP) is 5.67. The molecular formula is C31H31N3O4S. The van der Waals surface area contributed by atoms with Crippen molar-refractivity contribution in [2.75, 3.05) is 32.8 Å². The summed E-state index contributed by atoms with van der Waals surface area (Å²) < 4.78 is 11.3. The van der Waals surface area contributed by atoms with Gasteiger partial charge in [0, 0.05) is 25.2 Å². The van der Waals surface area contributed by atoms with Crippen molar-refractivity contribution in [2.24, 2.45) is 4.99 Å². The molecular weight excluding hydrogens is 510 g/mol. The van der Waals surface area contributed by atoms with Crippen molar-refractivity contribution in [3.63, 3.8) is 0 Å². The maximum atomic E-state index is 13.1. The van der Waals surface area contributed by atoms with Crippen LogP contribution in [0.1, 0.15) is 34.0 Å². The number of carbonyl (C=O) groups is 2. The van der Waals surface area contributed by atoms with Crippen molar-refractivity contribution < 1.29 is 19.1 Å². The molecule has 3 aromatic rings. The molecule has 0 saturated carbocycles. The van der Waals surface area contributed by atoms with Gasteiger partial charge in [0.2, 0.25) is 0 Å². The van der Waals surface area contributed by atoms with E-state index in [9.17, 15) is 9.59 Å². The van der Waals surface area contributed by atoms with Gasteiger partial charge < -0.3 is 14.4 Å². The average molecular weight is 542 g/mol. The Balaban J connectivity index is 1.28. The van der Waals surface area contributed by atoms with Gasteiger partial charge in [0.1, 0.15) is 12.4 Å². The number of nitrogens with zero attached hydrogens (tertiary/aromatic N) is 3. The quantitative estimate of drug-likeness (QED) is 0.361. The van der Waals surface area contributed by atoms with E-state index in [2.05, 4.69) is 19.1 Å². The second-order valence-electron chi connectivity index (χ2n) is 9.36. The summed E-state index contributed by atoms with van der Waals surface area (Å²) in [5, 5.41) is 0.600. The number of ether oxygens (including phenoxy) is 2. The van der Waals surface area contributed by atoms with Crippen LogP contribution in [0.3, 0.4) is 0 Å². The maximum Gasteiger partial charge on any atom is 0.266 e. The third-order valence-corrected chi connectivity index (χ3v) is 7.49. The Labute approximate surface area is 233 Å². The van der Waals surface area contributed by atoms with Crippen molar-refractivity contribution in [3.05, 3.63) is 100.0 Å². The van der Waals surface area contributed by atoms with Crippen molar-refractivity contribution in [1.29, 1.82) is 0 Å². The van der Waals surface area contributed by atoms with Crippen LogP contribution in [0, 0.1) is 6.92 Å². The second-order valence-corrected chi connectivity index (χ2v) is 10.4. The van der Waals surface area contributed by atoms with Gasteiger partial charge in [-0.25, -0.2) is 4.99 Å². The number of hydrogen-bond donors (Lipinski definition) is 0. The summed E-state index contributed by atoms with van der Waals surface area (Å²) in [6, 6.07) is 23.2. The molecule has 39 heavy (non-hydrogen) atoms. The SMILES string of the molecule is CCN1C(=O)/C(=C\c2ccc(OCc3cccc(C)c3)cc2)SC1=Nc1cccc(C(=O)N2CCOCC2)c1. The van der Waals surface area contributed by atoms with Gasteiger partial charge in [0.15, 0.2) is 5.17 Å². The van der Waals surface area contributed by atoms with E-state index in [1.54, 1.807) is 21.9 Å². The molecule has 0 aromatic heterocycles. The third kappa shape index (κ3) is 6.58. The summed E-state index contributed by atoms with van der Waals surface area (Å²) in [5.74, 6) is 0.657. The van der Waals surface area contributed by atoms with E-state index in [1.807, 2.05) is 61.5 Å². The molecule has 0 bridgehead atoms. The van der Waals surface area contributed by atoms with Crippen LogP contribution in [-0.4, -0.2) is 59.6 Å². The molecule has 2 heterocycles. The molecule has 0 N–H and O–H groups in total. The van der Waals surface area contributed by atoms with Crippen molar-refractivity contribution in [3.8, 4) is 5.75 Å². The van der Waals surface area contributed by atoms with E-state index >= 15 is 0 Å². The number of thioether (sulfide) groups is 1. The zero-order valence-electron chi connectivity index (χ0n) is 22.1. The molecule has 0 aliphatic carbocycles. The maximum absolute atomic E-state index is 13.1. The van der Waals surface area contributed by atoms with Crippen molar-refractivity contribution in [1.82, 2.24) is 9.80 Å². The molecule has 2 fully saturated rings. The first-order chi connectivity index (χ1) is 19.0. The van der Waals surface area contributed by atoms with Crippen LogP contribution >= 0.6 is 11.8 Å². The minimum absolute atomic E-state index is 0.0326. The number of rotatable bonds is 7. The summed E-state index contributed by atoms with van der Waals surface area (Å²) >= 11 is 1.34. The minimum atomic E-state index is -0.0819. The number of hydrogen-bond acceptors (Lipinski definition) is 6. The van der Waals surface area contributed by atoms with Gasteiger partial charge in [0.25, 0.3) is 11.8 Å². The molecule has 0 radical (unpaired) electrons. The molecule has 8 heteroatoms. The highest BCUT2D eigenvalue weighted by Gasteiger charge is 2.32. The topological polar surface area (TPSA) is 71.4 Å². The molecule has 0 spiro atoms. The van der Waals surface area contributed by atoms with Gasteiger partial charge in [-0.1, -0.05) is 48.0 Å². The van der Waals surface area contributed by atoms with Crippen molar-refractivity contribution >= 4 is 40.5 Å². The van der Waals surface area contributed by atoms with Crippen LogP contribution in [-0.2, 0) is 16.1 Å². The molecule has 200 valence electrons. The molecule has 3 aromatic carbocycles. The lowest BCUT2D eigenvalue weighted by atomic mass is 10.1. The Morgan fingerprint density at radius 2 is 1.82 bits per heavy atom. The van der Waals surface area contributed by atoms with Crippen LogP contribution in [0.25, 0.3) is 6.08 Å². The Bertz CT molecular complexity index is 1410. The first kappa shape index (κ1) is 26.7. The molecule has 2 amide bonds. The van der Waals surface area contributed by atoms with E-state index in [1.165, 1.54) is 17.3 Å². The number of amidine groups is 1. The third-order valence-electron chi connectivity index (χ3n) is 6.49. The smallest absolute Gasteiger partial charge is 0.266 e. The Kier molecular flexibility index (Phi) is 8.44. The normalized spacial score (nSPS) is 17.7. The number of aryl methyl sites for hydroxylation is 1. The monoisotopic (exact) mass is 541 g/mol. The highest BCUT2D eigenvalue weighted by atomic mass is 32.2. The number of benzene rings is 3. The van der Waals surface area contributed by atoms with Crippen LogP contribution in [0.2, 0.25) is 0 Å². The van der Waals surface area contributed by atoms with E-state index < -0.39 is 0 Å². The molecule has 7 nitrogen and oxygen atoms in total. The Hall–Kier alpha value is -3.88. The summed E-state index contributed by atoms with van der Waals surface area (Å²) in [5.41, 5.74) is 4.45. The van der Waals surface area contributed by atoms with E-state index in [0.29, 0.717) is 60.8 Å². The van der Waals surface area contributed by atoms with E-state index in [-0.39, 0.29) is 11.8 Å². The molecule has 0 unspecified atom stereocenters. The fraction of sp³-hybridized carbons (Fsp3) is 0.258. The summed E-state index contributed by atoms with van der Waals surface area (Å²) in [7, 11) is 0. The second kappa shape index (κ2) is 12.3. The highest BCUT2D eigenvalue weighted by Crippen LogP contribution is 2.34. The minimum Gasteiger partial charge on any atom is -0.489 e. The van der Waals surface area contributed by atoms with Gasteiger partial charge in [-0.3, -0.25) is 14.5 Å². The van der Waals surface area contributed by atoms with Crippen LogP contribution in [0.15, 0.2) is 82.7 Å². The van der Waals surface area contributed by atoms with Gasteiger partial charge in [-0.05, 0) is 73.1 Å². The Morgan fingerprint density at radius 3 is 2.56 bits per heavy atom. The zero-order valence-corrected chi connectivity index (χ0v) is 22.9. The molecule has 2 aliphatic rings. The summed E-state index contributed by atoms with van der Waals surface area (Å²) in [4.78, 5) is 34.8. The predicted molar refractivity (Wildman–Crippen MR) is 155 cm³/mol. The van der Waals surface area contributed by atoms with Gasteiger partial charge in [0.05, 0.1) is 23.8 Å². The van der Waals surface area contributed by atoms with Crippen LogP contribution in [0.5, 0.6) is 5.75 Å². The fourth-order valence-corrected chi connectivity index (χ4v) is 5.48. The standard InChI is InChI=1S/C31H31N3O4S/c1-3-34-30(36)28(19-23-10-12-27(13-11-23)38-21-24-7-4-6-22(2)18-24)39-31(34)32-26-9-5-8-25(20-26)29(35)33-14-16-37-17-15-33/h4-13,18-20H,3,14-17,21H2,1-2H3/b28-19+,32-31?. The molecule has 0 atom stereocenters. The number of amides is 2. The van der Waals surface area contributed by atoms with Gasteiger partial charge in [-0.15, -0.1) is 0 Å². The first-order valence-corrected chi connectivity index (χ1v) is 13.9. The Morgan fingerprint density at radius 1 is 1.05 bits per heavy atom. The number of aliphatic imine (C=N–C) groups is 1. The van der Waals surface area contributed by atoms with E-state index in [0.717, 1.165) is 16.9 Å². The van der Waals surface area contributed by atoms with Gasteiger partial charge >= 0.3 is 0 Å². The average Bonchev–Trinajstić information content (AvgIpc) is 3.25. The lowest BCUT2D eigenvalue weighted by Gasteiger charge is -2.26. The highest BCUT2D eigenvalue weighted by molar-refractivity contribution is 8.18. The summed E-state index contributed by atoms with van der Waals surface area (Å²) in [6.45, 7) is 7.26. The summed E-state index contributed by atoms with van der Waals surface area (Å²) in [6.07, 6.45) is 1.88. The molecule has 5 rings (SSSR count). The lowest BCUT2D eigenvalue weighted by Crippen LogP contribution is -2.40. The lowest BCUT2D eigenvalue weighted by molar-refractivity contribution is -0.122. The molecule has 2 saturated heterocycles. The van der Waals surface area contributed by atoms with Crippen molar-refractivity contribution in [2.45, 2.75) is 20.5 Å². The zero-order chi connectivity index (χ0) is 27.2. The largest absolute Gasteiger partial charge is 0.489 e. The van der Waals surface area contributed by atoms with Gasteiger partial charge in [-0.2, -0.15) is 0 Å². The number of likely N-dealkylation sites (N-methyl/N-ethyl adjacent to an activating group) is 1. The number of morpholine rings is 1. The first-order valence-electron chi connectivity index (χ1n) is 13.1. The van der Waals surface area contributed by atoms with E-state index in [4.69, 9.17) is 14.5 Å². The molecule has 2 aliphatic heterocycles. The number of carbonyl (C=O) groups excluding carboxylic acids is 2.